The molecule has 25 heavy (non-hydrogen) atoms. The molecule has 1 heterocycles. The molecule has 0 aliphatic rings. The zero-order valence-corrected chi connectivity index (χ0v) is 12.6. The number of nitrogens with zero attached hydrogens (tertiary/aromatic N) is 3. The number of ether oxygens (including phenoxy) is 1. The molecule has 0 atom stereocenters. The van der Waals surface area contributed by atoms with E-state index >= 15 is 0 Å². The van der Waals surface area contributed by atoms with Crippen molar-refractivity contribution >= 4 is 17.8 Å². The molecule has 1 amide bonds. The number of rotatable bonds is 5. The summed E-state index contributed by atoms with van der Waals surface area (Å²) >= 11 is 0. The summed E-state index contributed by atoms with van der Waals surface area (Å²) in [5.41, 5.74) is -2.26. The van der Waals surface area contributed by atoms with Gasteiger partial charge in [-0.3, -0.25) is 14.4 Å². The quantitative estimate of drug-likeness (QED) is 0.598. The monoisotopic (exact) mass is 367 g/mol. The lowest BCUT2D eigenvalue weighted by Crippen LogP contribution is -2.22. The Hall–Kier alpha value is -2.72. The molecule has 0 saturated carbocycles. The van der Waals surface area contributed by atoms with Crippen molar-refractivity contribution in [1.82, 2.24) is 9.78 Å². The molecular formula is C14H11F6N3O2. The molecule has 11 heteroatoms. The van der Waals surface area contributed by atoms with Crippen LogP contribution >= 0.6 is 0 Å². The fourth-order valence-electron chi connectivity index (χ4n) is 2.04. The van der Waals surface area contributed by atoms with Crippen molar-refractivity contribution in [2.24, 2.45) is 7.05 Å². The second kappa shape index (κ2) is 6.65. The lowest BCUT2D eigenvalue weighted by Gasteiger charge is -2.21. The average molecular weight is 367 g/mol. The van der Waals surface area contributed by atoms with Crippen LogP contribution in [-0.4, -0.2) is 29.0 Å². The van der Waals surface area contributed by atoms with E-state index in [4.69, 9.17) is 0 Å². The van der Waals surface area contributed by atoms with Crippen LogP contribution in [0.15, 0.2) is 30.5 Å². The molecule has 5 nitrogen and oxygen atoms in total. The zero-order valence-electron chi connectivity index (χ0n) is 12.6. The maximum atomic E-state index is 13.1. The van der Waals surface area contributed by atoms with Gasteiger partial charge in [0.15, 0.2) is 12.3 Å². The summed E-state index contributed by atoms with van der Waals surface area (Å²) in [7, 11) is 1.22. The van der Waals surface area contributed by atoms with Gasteiger partial charge in [0, 0.05) is 13.2 Å². The third kappa shape index (κ3) is 4.43. The number of aromatic nitrogens is 2. The third-order valence-electron chi connectivity index (χ3n) is 2.96. The Labute approximate surface area is 137 Å². The molecular weight excluding hydrogens is 356 g/mol. The Bertz CT molecular complexity index is 754. The summed E-state index contributed by atoms with van der Waals surface area (Å²) in [6.45, 7) is -1.66. The summed E-state index contributed by atoms with van der Waals surface area (Å²) in [6, 6.07) is 4.94. The fraction of sp³-hybridized carbons (Fsp3) is 0.286. The lowest BCUT2D eigenvalue weighted by molar-refractivity contribution is -0.153. The van der Waals surface area contributed by atoms with Crippen LogP contribution in [0.3, 0.4) is 0 Å². The molecule has 0 unspecified atom stereocenters. The highest BCUT2D eigenvalue weighted by atomic mass is 19.4. The first-order valence-electron chi connectivity index (χ1n) is 6.67. The Morgan fingerprint density at radius 1 is 1.16 bits per heavy atom. The predicted molar refractivity (Wildman–Crippen MR) is 74.4 cm³/mol. The van der Waals surface area contributed by atoms with Crippen molar-refractivity contribution in [1.29, 1.82) is 0 Å². The van der Waals surface area contributed by atoms with E-state index < -0.39 is 36.1 Å². The number of aryl methyl sites for hydroxylation is 1. The number of carbonyl (C=O) groups excluding carboxylic acids is 1. The standard InChI is InChI=1S/C14H11F6N3O2/c1-22-6-10(12(21-22)14(18,19)20)23(8-24)9-4-2-3-5-11(9)25-7-13(15,16)17/h2-6,8H,7H2,1H3. The van der Waals surface area contributed by atoms with E-state index in [0.717, 1.165) is 23.0 Å². The van der Waals surface area contributed by atoms with E-state index in [9.17, 15) is 31.1 Å². The van der Waals surface area contributed by atoms with Crippen LogP contribution in [0.1, 0.15) is 5.69 Å². The van der Waals surface area contributed by atoms with E-state index in [1.807, 2.05) is 0 Å². The van der Waals surface area contributed by atoms with Crippen LogP contribution in [-0.2, 0) is 18.0 Å². The largest absolute Gasteiger partial charge is 0.482 e. The van der Waals surface area contributed by atoms with Gasteiger partial charge in [0.05, 0.1) is 11.4 Å². The zero-order chi connectivity index (χ0) is 18.8. The molecule has 0 fully saturated rings. The Balaban J connectivity index is 2.48. The molecule has 0 spiro atoms. The van der Waals surface area contributed by atoms with Crippen LogP contribution in [0.25, 0.3) is 0 Å². The van der Waals surface area contributed by atoms with E-state index in [2.05, 4.69) is 9.84 Å². The minimum Gasteiger partial charge on any atom is -0.482 e. The Morgan fingerprint density at radius 2 is 1.80 bits per heavy atom. The molecule has 0 aliphatic heterocycles. The number of hydrogen-bond donors (Lipinski definition) is 0. The fourth-order valence-corrected chi connectivity index (χ4v) is 2.04. The van der Waals surface area contributed by atoms with Crippen LogP contribution < -0.4 is 9.64 Å². The summed E-state index contributed by atoms with van der Waals surface area (Å²) in [5, 5.41) is 3.26. The summed E-state index contributed by atoms with van der Waals surface area (Å²) in [4.78, 5) is 11.9. The van der Waals surface area contributed by atoms with Crippen LogP contribution in [0, 0.1) is 0 Å². The van der Waals surface area contributed by atoms with Gasteiger partial charge in [-0.2, -0.15) is 31.4 Å². The molecule has 0 bridgehead atoms. The third-order valence-corrected chi connectivity index (χ3v) is 2.96. The Kier molecular flexibility index (Phi) is 4.95. The van der Waals surface area contributed by atoms with Gasteiger partial charge in [0.25, 0.3) is 0 Å². The molecule has 0 radical (unpaired) electrons. The van der Waals surface area contributed by atoms with E-state index in [1.165, 1.54) is 19.2 Å². The molecule has 2 rings (SSSR count). The molecule has 0 saturated heterocycles. The maximum absolute atomic E-state index is 13.1. The highest BCUT2D eigenvalue weighted by Crippen LogP contribution is 2.40. The number of benzene rings is 1. The maximum Gasteiger partial charge on any atom is 0.437 e. The number of alkyl halides is 6. The molecule has 1 aromatic carbocycles. The molecule has 136 valence electrons. The van der Waals surface area contributed by atoms with Crippen molar-refractivity contribution < 1.29 is 35.9 Å². The second-order valence-corrected chi connectivity index (χ2v) is 4.88. The normalized spacial score (nSPS) is 12.1. The molecule has 1 aromatic heterocycles. The number of amides is 1. The van der Waals surface area contributed by atoms with Gasteiger partial charge in [0.2, 0.25) is 6.41 Å². The number of carbonyl (C=O) groups is 1. The topological polar surface area (TPSA) is 47.4 Å². The Morgan fingerprint density at radius 3 is 2.36 bits per heavy atom. The first kappa shape index (κ1) is 18.6. The van der Waals surface area contributed by atoms with Gasteiger partial charge >= 0.3 is 12.4 Å². The summed E-state index contributed by atoms with van der Waals surface area (Å²) < 4.78 is 81.7. The molecule has 0 N–H and O–H groups in total. The van der Waals surface area contributed by atoms with E-state index in [-0.39, 0.29) is 12.1 Å². The van der Waals surface area contributed by atoms with Crippen molar-refractivity contribution in [3.63, 3.8) is 0 Å². The molecule has 0 aliphatic carbocycles. The highest BCUT2D eigenvalue weighted by molar-refractivity contribution is 5.89. The van der Waals surface area contributed by atoms with Crippen molar-refractivity contribution in [3.05, 3.63) is 36.2 Å². The lowest BCUT2D eigenvalue weighted by atomic mass is 10.2. The predicted octanol–water partition coefficient (Wildman–Crippen LogP) is 3.67. The number of para-hydroxylation sites is 2. The van der Waals surface area contributed by atoms with E-state index in [1.54, 1.807) is 0 Å². The van der Waals surface area contributed by atoms with Gasteiger partial charge in [-0.25, -0.2) is 0 Å². The van der Waals surface area contributed by atoms with Gasteiger partial charge < -0.3 is 4.74 Å². The van der Waals surface area contributed by atoms with Crippen LogP contribution in [0.2, 0.25) is 0 Å². The van der Waals surface area contributed by atoms with Gasteiger partial charge in [0.1, 0.15) is 5.75 Å². The van der Waals surface area contributed by atoms with Crippen molar-refractivity contribution in [2.45, 2.75) is 12.4 Å². The van der Waals surface area contributed by atoms with Crippen molar-refractivity contribution in [3.8, 4) is 5.75 Å². The first-order valence-corrected chi connectivity index (χ1v) is 6.67. The number of halogens is 6. The van der Waals surface area contributed by atoms with Crippen LogP contribution in [0.5, 0.6) is 5.75 Å². The van der Waals surface area contributed by atoms with Gasteiger partial charge in [-0.05, 0) is 12.1 Å². The summed E-state index contributed by atoms with van der Waals surface area (Å²) in [6.07, 6.45) is -8.54. The smallest absolute Gasteiger partial charge is 0.437 e. The van der Waals surface area contributed by atoms with Crippen LogP contribution in [0.4, 0.5) is 37.7 Å². The minimum atomic E-state index is -4.86. The highest BCUT2D eigenvalue weighted by Gasteiger charge is 2.39. The number of anilines is 2. The minimum absolute atomic E-state index is 0.0437. The van der Waals surface area contributed by atoms with E-state index in [0.29, 0.717) is 4.90 Å². The second-order valence-electron chi connectivity index (χ2n) is 4.88. The summed E-state index contributed by atoms with van der Waals surface area (Å²) in [5.74, 6) is -0.399. The van der Waals surface area contributed by atoms with Gasteiger partial charge in [-0.15, -0.1) is 0 Å². The van der Waals surface area contributed by atoms with Gasteiger partial charge in [-0.1, -0.05) is 12.1 Å². The SMILES string of the molecule is Cn1cc(N(C=O)c2ccccc2OCC(F)(F)F)c(C(F)(F)F)n1. The van der Waals surface area contributed by atoms with Crippen molar-refractivity contribution in [2.75, 3.05) is 11.5 Å². The average Bonchev–Trinajstić information content (AvgIpc) is 2.88. The molecule has 2 aromatic rings. The first-order chi connectivity index (χ1) is 11.5. The number of hydrogen-bond acceptors (Lipinski definition) is 3.